The standard InChI is InChI=1S/C22H16F3N5O2/c1-32-17-6-4-5-16(13-17)30-28-20(27-29-30)18-7-2-3-8-19(18)26-21(31)14-9-11-15(12-10-14)22(23,24)25/h2-13H,1H3,(H,26,31). The predicted octanol–water partition coefficient (Wildman–Crippen LogP) is 4.61. The Morgan fingerprint density at radius 3 is 2.47 bits per heavy atom. The third-order valence-electron chi connectivity index (χ3n) is 4.59. The van der Waals surface area contributed by atoms with Gasteiger partial charge in [-0.1, -0.05) is 18.2 Å². The van der Waals surface area contributed by atoms with Gasteiger partial charge in [0.1, 0.15) is 5.75 Å². The third kappa shape index (κ3) is 4.43. The fourth-order valence-corrected chi connectivity index (χ4v) is 2.96. The Labute approximate surface area is 180 Å². The first-order valence-corrected chi connectivity index (χ1v) is 9.37. The lowest BCUT2D eigenvalue weighted by molar-refractivity contribution is -0.137. The molecule has 1 amide bonds. The average Bonchev–Trinajstić information content (AvgIpc) is 3.29. The van der Waals surface area contributed by atoms with Crippen LogP contribution in [0.2, 0.25) is 0 Å². The van der Waals surface area contributed by atoms with E-state index in [1.54, 1.807) is 55.6 Å². The third-order valence-corrected chi connectivity index (χ3v) is 4.59. The Morgan fingerprint density at radius 1 is 1.00 bits per heavy atom. The van der Waals surface area contributed by atoms with Crippen molar-refractivity contribution >= 4 is 11.6 Å². The molecule has 0 aliphatic carbocycles. The number of para-hydroxylation sites is 1. The number of alkyl halides is 3. The van der Waals surface area contributed by atoms with E-state index in [4.69, 9.17) is 4.74 Å². The summed E-state index contributed by atoms with van der Waals surface area (Å²) >= 11 is 0. The second-order valence-corrected chi connectivity index (χ2v) is 6.68. The van der Waals surface area contributed by atoms with Gasteiger partial charge in [0.15, 0.2) is 0 Å². The molecule has 4 aromatic rings. The van der Waals surface area contributed by atoms with E-state index >= 15 is 0 Å². The number of rotatable bonds is 5. The first-order valence-electron chi connectivity index (χ1n) is 9.37. The number of carbonyl (C=O) groups is 1. The lowest BCUT2D eigenvalue weighted by atomic mass is 10.1. The van der Waals surface area contributed by atoms with E-state index in [0.717, 1.165) is 24.3 Å². The van der Waals surface area contributed by atoms with E-state index in [1.807, 2.05) is 0 Å². The molecule has 0 saturated carbocycles. The van der Waals surface area contributed by atoms with Crippen molar-refractivity contribution in [1.29, 1.82) is 0 Å². The molecule has 4 rings (SSSR count). The predicted molar refractivity (Wildman–Crippen MR) is 111 cm³/mol. The van der Waals surface area contributed by atoms with Gasteiger partial charge in [0.05, 0.1) is 24.0 Å². The van der Waals surface area contributed by atoms with Crippen molar-refractivity contribution < 1.29 is 22.7 Å². The van der Waals surface area contributed by atoms with Crippen LogP contribution in [-0.2, 0) is 6.18 Å². The van der Waals surface area contributed by atoms with Gasteiger partial charge in [-0.3, -0.25) is 4.79 Å². The molecule has 1 heterocycles. The quantitative estimate of drug-likeness (QED) is 0.491. The SMILES string of the molecule is COc1cccc(-n2nnc(-c3ccccc3NC(=O)c3ccc(C(F)(F)F)cc3)n2)c1. The van der Waals surface area contributed by atoms with E-state index in [2.05, 4.69) is 20.7 Å². The van der Waals surface area contributed by atoms with E-state index in [0.29, 0.717) is 22.7 Å². The minimum absolute atomic E-state index is 0.0841. The Morgan fingerprint density at radius 2 is 1.75 bits per heavy atom. The molecule has 0 bridgehead atoms. The maximum absolute atomic E-state index is 12.7. The number of nitrogens with one attached hydrogen (secondary N) is 1. The second-order valence-electron chi connectivity index (χ2n) is 6.68. The van der Waals surface area contributed by atoms with Crippen LogP contribution in [0, 0.1) is 0 Å². The van der Waals surface area contributed by atoms with Crippen molar-refractivity contribution in [3.8, 4) is 22.8 Å². The molecule has 1 aromatic heterocycles. The maximum atomic E-state index is 12.7. The second kappa shape index (κ2) is 8.50. The van der Waals surface area contributed by atoms with E-state index in [1.165, 1.54) is 4.80 Å². The molecule has 0 saturated heterocycles. The van der Waals surface area contributed by atoms with Crippen LogP contribution in [-0.4, -0.2) is 33.2 Å². The van der Waals surface area contributed by atoms with Crippen LogP contribution in [0.4, 0.5) is 18.9 Å². The van der Waals surface area contributed by atoms with Gasteiger partial charge in [-0.25, -0.2) is 0 Å². The zero-order chi connectivity index (χ0) is 22.7. The fourth-order valence-electron chi connectivity index (χ4n) is 2.96. The number of tetrazole rings is 1. The summed E-state index contributed by atoms with van der Waals surface area (Å²) in [5.41, 5.74) is 0.785. The molecular weight excluding hydrogens is 423 g/mol. The van der Waals surface area contributed by atoms with Crippen molar-refractivity contribution in [2.24, 2.45) is 0 Å². The number of ether oxygens (including phenoxy) is 1. The number of anilines is 1. The molecule has 10 heteroatoms. The topological polar surface area (TPSA) is 81.9 Å². The summed E-state index contributed by atoms with van der Waals surface area (Å²) in [5, 5.41) is 15.2. The number of carbonyl (C=O) groups excluding carboxylic acids is 1. The zero-order valence-electron chi connectivity index (χ0n) is 16.7. The van der Waals surface area contributed by atoms with Crippen LogP contribution >= 0.6 is 0 Å². The van der Waals surface area contributed by atoms with Crippen molar-refractivity contribution in [2.75, 3.05) is 12.4 Å². The first-order chi connectivity index (χ1) is 15.3. The van der Waals surface area contributed by atoms with Gasteiger partial charge >= 0.3 is 6.18 Å². The normalized spacial score (nSPS) is 11.2. The van der Waals surface area contributed by atoms with Gasteiger partial charge in [0, 0.05) is 17.2 Å². The molecule has 0 radical (unpaired) electrons. The molecule has 32 heavy (non-hydrogen) atoms. The highest BCUT2D eigenvalue weighted by atomic mass is 19.4. The minimum atomic E-state index is -4.47. The minimum Gasteiger partial charge on any atom is -0.497 e. The molecule has 3 aromatic carbocycles. The van der Waals surface area contributed by atoms with Gasteiger partial charge in [-0.15, -0.1) is 15.0 Å². The van der Waals surface area contributed by atoms with Gasteiger partial charge in [-0.2, -0.15) is 13.2 Å². The number of halogens is 3. The van der Waals surface area contributed by atoms with Crippen molar-refractivity contribution in [3.05, 3.63) is 83.9 Å². The van der Waals surface area contributed by atoms with Crippen molar-refractivity contribution in [2.45, 2.75) is 6.18 Å². The van der Waals surface area contributed by atoms with E-state index in [-0.39, 0.29) is 11.4 Å². The first kappa shape index (κ1) is 21.0. The van der Waals surface area contributed by atoms with Crippen LogP contribution < -0.4 is 10.1 Å². The van der Waals surface area contributed by atoms with Crippen molar-refractivity contribution in [3.63, 3.8) is 0 Å². The van der Waals surface area contributed by atoms with E-state index < -0.39 is 17.6 Å². The molecule has 7 nitrogen and oxygen atoms in total. The summed E-state index contributed by atoms with van der Waals surface area (Å²) in [6.07, 6.45) is -4.47. The molecule has 0 unspecified atom stereocenters. The number of hydrogen-bond donors (Lipinski definition) is 1. The van der Waals surface area contributed by atoms with Gasteiger partial charge < -0.3 is 10.1 Å². The summed E-state index contributed by atoms with van der Waals surface area (Å²) in [5.74, 6) is 0.327. The van der Waals surface area contributed by atoms with Crippen LogP contribution in [0.5, 0.6) is 5.75 Å². The lowest BCUT2D eigenvalue weighted by Crippen LogP contribution is -2.13. The summed E-state index contributed by atoms with van der Waals surface area (Å²) in [6.45, 7) is 0. The van der Waals surface area contributed by atoms with Crippen LogP contribution in [0.15, 0.2) is 72.8 Å². The zero-order valence-corrected chi connectivity index (χ0v) is 16.7. The smallest absolute Gasteiger partial charge is 0.416 e. The molecule has 0 spiro atoms. The number of nitrogens with zero attached hydrogens (tertiary/aromatic N) is 4. The summed E-state index contributed by atoms with van der Waals surface area (Å²) in [6, 6.07) is 17.9. The molecule has 0 aliphatic rings. The van der Waals surface area contributed by atoms with Crippen LogP contribution in [0.3, 0.4) is 0 Å². The largest absolute Gasteiger partial charge is 0.497 e. The maximum Gasteiger partial charge on any atom is 0.416 e. The summed E-state index contributed by atoms with van der Waals surface area (Å²) in [7, 11) is 1.55. The van der Waals surface area contributed by atoms with Crippen molar-refractivity contribution in [1.82, 2.24) is 20.2 Å². The average molecular weight is 439 g/mol. The highest BCUT2D eigenvalue weighted by Gasteiger charge is 2.30. The van der Waals surface area contributed by atoms with Crippen LogP contribution in [0.25, 0.3) is 17.1 Å². The molecule has 0 aliphatic heterocycles. The highest BCUT2D eigenvalue weighted by Crippen LogP contribution is 2.30. The molecule has 162 valence electrons. The summed E-state index contributed by atoms with van der Waals surface area (Å²) < 4.78 is 43.4. The number of hydrogen-bond acceptors (Lipinski definition) is 5. The molecular formula is C22H16F3N5O2. The Balaban J connectivity index is 1.58. The summed E-state index contributed by atoms with van der Waals surface area (Å²) in [4.78, 5) is 13.9. The Kier molecular flexibility index (Phi) is 5.59. The molecule has 1 N–H and O–H groups in total. The Bertz CT molecular complexity index is 1250. The van der Waals surface area contributed by atoms with Crippen LogP contribution in [0.1, 0.15) is 15.9 Å². The van der Waals surface area contributed by atoms with Gasteiger partial charge in [0.25, 0.3) is 5.91 Å². The van der Waals surface area contributed by atoms with Gasteiger partial charge in [0.2, 0.25) is 5.82 Å². The number of methoxy groups -OCH3 is 1. The number of aromatic nitrogens is 4. The monoisotopic (exact) mass is 439 g/mol. The van der Waals surface area contributed by atoms with E-state index in [9.17, 15) is 18.0 Å². The molecule has 0 atom stereocenters. The van der Waals surface area contributed by atoms with Gasteiger partial charge in [-0.05, 0) is 53.7 Å². The molecule has 0 fully saturated rings. The fraction of sp³-hybridized carbons (Fsp3) is 0.0909. The highest BCUT2D eigenvalue weighted by molar-refractivity contribution is 6.06. The lowest BCUT2D eigenvalue weighted by Gasteiger charge is -2.10. The Hall–Kier alpha value is -4.21. The number of benzene rings is 3. The number of amides is 1.